The van der Waals surface area contributed by atoms with Gasteiger partial charge in [-0.05, 0) is 18.6 Å². The Morgan fingerprint density at radius 3 is 2.67 bits per heavy atom. The molecule has 1 heterocycles. The van der Waals surface area contributed by atoms with E-state index >= 15 is 0 Å². The van der Waals surface area contributed by atoms with Crippen LogP contribution in [0.5, 0.6) is 0 Å². The summed E-state index contributed by atoms with van der Waals surface area (Å²) in [6, 6.07) is 3.40. The Morgan fingerprint density at radius 1 is 1.43 bits per heavy atom. The minimum atomic E-state index is -3.17. The fourth-order valence-corrected chi connectivity index (χ4v) is 2.74. The van der Waals surface area contributed by atoms with Crippen LogP contribution in [0.15, 0.2) is 18.3 Å². The second kappa shape index (κ2) is 7.94. The largest absolute Gasteiger partial charge is 0.397 e. The first kappa shape index (κ1) is 17.4. The smallest absolute Gasteiger partial charge is 0.226 e. The summed E-state index contributed by atoms with van der Waals surface area (Å²) in [6.07, 6.45) is 3.45. The van der Waals surface area contributed by atoms with Gasteiger partial charge in [-0.3, -0.25) is 9.78 Å². The molecular formula is C13H22N4O3S. The highest BCUT2D eigenvalue weighted by atomic mass is 32.2. The van der Waals surface area contributed by atoms with Crippen molar-refractivity contribution in [2.45, 2.75) is 19.8 Å². The van der Waals surface area contributed by atoms with E-state index in [9.17, 15) is 13.2 Å². The number of rotatable bonds is 8. The molecule has 8 heteroatoms. The lowest BCUT2D eigenvalue weighted by atomic mass is 10.2. The van der Waals surface area contributed by atoms with E-state index in [4.69, 9.17) is 5.73 Å². The number of carbonyl (C=O) groups is 1. The Labute approximate surface area is 125 Å². The first-order valence-corrected chi connectivity index (χ1v) is 8.60. The van der Waals surface area contributed by atoms with Crippen LogP contribution >= 0.6 is 0 Å². The SMILES string of the molecule is CCN(CCCNC(=O)Cc1ccc(N)cn1)S(C)(=O)=O. The molecule has 1 aromatic rings. The molecule has 1 aromatic heterocycles. The number of amides is 1. The summed E-state index contributed by atoms with van der Waals surface area (Å²) in [6.45, 7) is 3.05. The van der Waals surface area contributed by atoms with Gasteiger partial charge in [0.05, 0.1) is 24.6 Å². The molecule has 0 spiro atoms. The molecule has 0 aromatic carbocycles. The van der Waals surface area contributed by atoms with Crippen LogP contribution in [0.3, 0.4) is 0 Å². The second-order valence-electron chi connectivity index (χ2n) is 4.72. The highest BCUT2D eigenvalue weighted by Gasteiger charge is 2.13. The number of nitrogens with two attached hydrogens (primary N) is 1. The van der Waals surface area contributed by atoms with Crippen LogP contribution in [0.4, 0.5) is 5.69 Å². The maximum absolute atomic E-state index is 11.7. The van der Waals surface area contributed by atoms with Crippen LogP contribution in [0.1, 0.15) is 19.0 Å². The minimum absolute atomic E-state index is 0.144. The van der Waals surface area contributed by atoms with Crippen molar-refractivity contribution in [3.05, 3.63) is 24.0 Å². The Hall–Kier alpha value is -1.67. The molecule has 0 aliphatic rings. The first-order valence-electron chi connectivity index (χ1n) is 6.75. The van der Waals surface area contributed by atoms with Crippen LogP contribution in [-0.4, -0.2) is 49.5 Å². The maximum Gasteiger partial charge on any atom is 0.226 e. The molecule has 1 amide bonds. The number of aromatic nitrogens is 1. The van der Waals surface area contributed by atoms with Crippen LogP contribution in [0.2, 0.25) is 0 Å². The highest BCUT2D eigenvalue weighted by molar-refractivity contribution is 7.88. The molecule has 0 unspecified atom stereocenters. The van der Waals surface area contributed by atoms with E-state index in [2.05, 4.69) is 10.3 Å². The normalized spacial score (nSPS) is 11.6. The van der Waals surface area contributed by atoms with Crippen molar-refractivity contribution in [3.63, 3.8) is 0 Å². The van der Waals surface area contributed by atoms with E-state index in [1.807, 2.05) is 0 Å². The topological polar surface area (TPSA) is 105 Å². The summed E-state index contributed by atoms with van der Waals surface area (Å²) in [5, 5.41) is 2.74. The summed E-state index contributed by atoms with van der Waals surface area (Å²) >= 11 is 0. The minimum Gasteiger partial charge on any atom is -0.397 e. The number of anilines is 1. The van der Waals surface area contributed by atoms with Crippen molar-refractivity contribution in [2.75, 3.05) is 31.6 Å². The molecule has 0 aliphatic carbocycles. The van der Waals surface area contributed by atoms with Crippen molar-refractivity contribution < 1.29 is 13.2 Å². The van der Waals surface area contributed by atoms with Gasteiger partial charge in [0.25, 0.3) is 0 Å². The van der Waals surface area contributed by atoms with Gasteiger partial charge in [0.1, 0.15) is 0 Å². The molecular weight excluding hydrogens is 292 g/mol. The Bertz CT molecular complexity index is 557. The third-order valence-corrected chi connectivity index (χ3v) is 4.30. The molecule has 1 rings (SSSR count). The van der Waals surface area contributed by atoms with Gasteiger partial charge in [-0.25, -0.2) is 12.7 Å². The molecule has 0 bridgehead atoms. The van der Waals surface area contributed by atoms with Crippen LogP contribution in [-0.2, 0) is 21.2 Å². The Balaban J connectivity index is 2.29. The fraction of sp³-hybridized carbons (Fsp3) is 0.538. The summed E-state index contributed by atoms with van der Waals surface area (Å²) in [7, 11) is -3.17. The van der Waals surface area contributed by atoms with E-state index in [1.54, 1.807) is 19.1 Å². The average molecular weight is 314 g/mol. The van der Waals surface area contributed by atoms with Crippen molar-refractivity contribution in [1.29, 1.82) is 0 Å². The van der Waals surface area contributed by atoms with Gasteiger partial charge in [0.2, 0.25) is 15.9 Å². The molecule has 21 heavy (non-hydrogen) atoms. The molecule has 0 atom stereocenters. The lowest BCUT2D eigenvalue weighted by Gasteiger charge is -2.17. The summed E-state index contributed by atoms with van der Waals surface area (Å²) in [5.74, 6) is -0.144. The van der Waals surface area contributed by atoms with Gasteiger partial charge in [-0.1, -0.05) is 6.92 Å². The van der Waals surface area contributed by atoms with Crippen LogP contribution < -0.4 is 11.1 Å². The maximum atomic E-state index is 11.7. The zero-order valence-electron chi connectivity index (χ0n) is 12.4. The predicted molar refractivity (Wildman–Crippen MR) is 82.1 cm³/mol. The number of hydrogen-bond acceptors (Lipinski definition) is 5. The van der Waals surface area contributed by atoms with Gasteiger partial charge in [0.15, 0.2) is 0 Å². The zero-order chi connectivity index (χ0) is 15.9. The third-order valence-electron chi connectivity index (χ3n) is 2.92. The molecule has 0 radical (unpaired) electrons. The zero-order valence-corrected chi connectivity index (χ0v) is 13.2. The van der Waals surface area contributed by atoms with E-state index in [0.29, 0.717) is 37.4 Å². The van der Waals surface area contributed by atoms with Gasteiger partial charge in [-0.2, -0.15) is 0 Å². The first-order chi connectivity index (χ1) is 9.82. The van der Waals surface area contributed by atoms with E-state index in [0.717, 1.165) is 0 Å². The number of nitrogens with one attached hydrogen (secondary N) is 1. The summed E-state index contributed by atoms with van der Waals surface area (Å²) in [5.41, 5.74) is 6.72. The van der Waals surface area contributed by atoms with E-state index in [1.165, 1.54) is 16.8 Å². The number of hydrogen-bond donors (Lipinski definition) is 2. The number of nitrogen functional groups attached to an aromatic ring is 1. The standard InChI is InChI=1S/C13H22N4O3S/c1-3-17(21(2,19)20)8-4-7-15-13(18)9-12-6-5-11(14)10-16-12/h5-6,10H,3-4,7-9,14H2,1-2H3,(H,15,18). The quantitative estimate of drug-likeness (QED) is 0.657. The number of carbonyl (C=O) groups excluding carboxylic acids is 1. The van der Waals surface area contributed by atoms with Crippen molar-refractivity contribution in [2.24, 2.45) is 0 Å². The molecule has 3 N–H and O–H groups in total. The van der Waals surface area contributed by atoms with E-state index in [-0.39, 0.29) is 12.3 Å². The summed E-state index contributed by atoms with van der Waals surface area (Å²) < 4.78 is 24.1. The summed E-state index contributed by atoms with van der Waals surface area (Å²) in [4.78, 5) is 15.7. The van der Waals surface area contributed by atoms with Gasteiger partial charge in [0, 0.05) is 25.3 Å². The Morgan fingerprint density at radius 2 is 2.14 bits per heavy atom. The molecule has 0 aliphatic heterocycles. The van der Waals surface area contributed by atoms with Gasteiger partial charge in [-0.15, -0.1) is 0 Å². The van der Waals surface area contributed by atoms with Crippen LogP contribution in [0.25, 0.3) is 0 Å². The molecule has 0 saturated heterocycles. The number of pyridine rings is 1. The average Bonchev–Trinajstić information content (AvgIpc) is 2.40. The number of sulfonamides is 1. The fourth-order valence-electron chi connectivity index (χ4n) is 1.81. The van der Waals surface area contributed by atoms with Gasteiger partial charge < -0.3 is 11.1 Å². The molecule has 0 fully saturated rings. The van der Waals surface area contributed by atoms with Crippen molar-refractivity contribution in [3.8, 4) is 0 Å². The number of nitrogens with zero attached hydrogens (tertiary/aromatic N) is 2. The Kier molecular flexibility index (Phi) is 6.57. The van der Waals surface area contributed by atoms with Gasteiger partial charge >= 0.3 is 0 Å². The molecule has 7 nitrogen and oxygen atoms in total. The van der Waals surface area contributed by atoms with Crippen LogP contribution in [0, 0.1) is 0 Å². The van der Waals surface area contributed by atoms with Crippen molar-refractivity contribution >= 4 is 21.6 Å². The lowest BCUT2D eigenvalue weighted by Crippen LogP contribution is -2.33. The van der Waals surface area contributed by atoms with E-state index < -0.39 is 10.0 Å². The molecule has 118 valence electrons. The highest BCUT2D eigenvalue weighted by Crippen LogP contribution is 2.02. The second-order valence-corrected chi connectivity index (χ2v) is 6.70. The van der Waals surface area contributed by atoms with Crippen molar-refractivity contribution in [1.82, 2.24) is 14.6 Å². The lowest BCUT2D eigenvalue weighted by molar-refractivity contribution is -0.120. The molecule has 0 saturated carbocycles. The predicted octanol–water partition coefficient (Wildman–Crippen LogP) is -0.00590. The third kappa shape index (κ3) is 6.54. The monoisotopic (exact) mass is 314 g/mol.